The van der Waals surface area contributed by atoms with Gasteiger partial charge in [0.05, 0.1) is 19.8 Å². The van der Waals surface area contributed by atoms with Gasteiger partial charge in [-0.05, 0) is 6.92 Å². The van der Waals surface area contributed by atoms with Crippen molar-refractivity contribution in [3.05, 3.63) is 0 Å². The molecule has 0 aromatic carbocycles. The standard InChI is InChI=1S/C11H18N2O6/c1-2-17-10(15)13-4-3-9(14)8(7-13)11(12-16)18-5-6-19-11/h8,12,16H,2-7H2,1H3. The number of likely N-dealkylation sites (tertiary alicyclic amines) is 1. The molecule has 0 radical (unpaired) electrons. The van der Waals surface area contributed by atoms with Gasteiger partial charge in [0, 0.05) is 19.5 Å². The Kier molecular flexibility index (Phi) is 4.35. The van der Waals surface area contributed by atoms with Crippen LogP contribution in [0.5, 0.6) is 0 Å². The Hall–Kier alpha value is -1.22. The molecule has 2 N–H and O–H groups in total. The molecule has 0 spiro atoms. The second-order valence-electron chi connectivity index (χ2n) is 4.39. The van der Waals surface area contributed by atoms with Crippen LogP contribution in [0.2, 0.25) is 0 Å². The summed E-state index contributed by atoms with van der Waals surface area (Å²) in [6.45, 7) is 2.92. The number of hydroxylamine groups is 1. The maximum atomic E-state index is 12.0. The van der Waals surface area contributed by atoms with Gasteiger partial charge in [-0.3, -0.25) is 4.79 Å². The van der Waals surface area contributed by atoms with Crippen LogP contribution < -0.4 is 5.48 Å². The van der Waals surface area contributed by atoms with E-state index < -0.39 is 17.9 Å². The number of rotatable bonds is 3. The number of hydrogen-bond donors (Lipinski definition) is 2. The molecule has 2 fully saturated rings. The predicted molar refractivity (Wildman–Crippen MR) is 61.3 cm³/mol. The summed E-state index contributed by atoms with van der Waals surface area (Å²) in [5, 5.41) is 9.23. The molecule has 108 valence electrons. The lowest BCUT2D eigenvalue weighted by Gasteiger charge is -2.38. The monoisotopic (exact) mass is 274 g/mol. The number of nitrogens with one attached hydrogen (secondary N) is 1. The lowest BCUT2D eigenvalue weighted by molar-refractivity contribution is -0.265. The van der Waals surface area contributed by atoms with Crippen LogP contribution in [0.25, 0.3) is 0 Å². The molecule has 0 bridgehead atoms. The second kappa shape index (κ2) is 5.83. The number of amides is 1. The average Bonchev–Trinajstić information content (AvgIpc) is 2.89. The zero-order valence-electron chi connectivity index (χ0n) is 10.8. The minimum atomic E-state index is -1.55. The van der Waals surface area contributed by atoms with Crippen LogP contribution in [-0.4, -0.2) is 60.8 Å². The third kappa shape index (κ3) is 2.71. The highest BCUT2D eigenvalue weighted by Gasteiger charge is 2.51. The fourth-order valence-corrected chi connectivity index (χ4v) is 2.32. The quantitative estimate of drug-likeness (QED) is 0.683. The number of hydrogen-bond acceptors (Lipinski definition) is 7. The fourth-order valence-electron chi connectivity index (χ4n) is 2.32. The largest absolute Gasteiger partial charge is 0.450 e. The highest BCUT2D eigenvalue weighted by atomic mass is 16.8. The lowest BCUT2D eigenvalue weighted by Crippen LogP contribution is -2.60. The number of carbonyl (C=O) groups excluding carboxylic acids is 2. The molecule has 0 aromatic rings. The summed E-state index contributed by atoms with van der Waals surface area (Å²) < 4.78 is 15.5. The summed E-state index contributed by atoms with van der Waals surface area (Å²) in [7, 11) is 0. The lowest BCUT2D eigenvalue weighted by atomic mass is 9.93. The van der Waals surface area contributed by atoms with Gasteiger partial charge in [-0.1, -0.05) is 0 Å². The van der Waals surface area contributed by atoms with Crippen molar-refractivity contribution in [3.8, 4) is 0 Å². The van der Waals surface area contributed by atoms with E-state index in [4.69, 9.17) is 14.2 Å². The molecule has 1 amide bonds. The van der Waals surface area contributed by atoms with Gasteiger partial charge < -0.3 is 24.3 Å². The average molecular weight is 274 g/mol. The van der Waals surface area contributed by atoms with Crippen LogP contribution in [-0.2, 0) is 19.0 Å². The van der Waals surface area contributed by atoms with Crippen molar-refractivity contribution in [1.29, 1.82) is 0 Å². The molecule has 8 heteroatoms. The van der Waals surface area contributed by atoms with E-state index in [0.717, 1.165) is 0 Å². The normalized spacial score (nSPS) is 26.5. The first-order valence-corrected chi connectivity index (χ1v) is 6.26. The number of ether oxygens (including phenoxy) is 3. The summed E-state index contributed by atoms with van der Waals surface area (Å²) in [5.74, 6) is -2.45. The second-order valence-corrected chi connectivity index (χ2v) is 4.39. The zero-order chi connectivity index (χ0) is 13.9. The molecule has 0 aromatic heterocycles. The van der Waals surface area contributed by atoms with E-state index in [-0.39, 0.29) is 38.6 Å². The fraction of sp³-hybridized carbons (Fsp3) is 0.818. The number of Topliss-reactive ketones (excluding diaryl/α,β-unsaturated/α-hetero) is 1. The summed E-state index contributed by atoms with van der Waals surface area (Å²) in [4.78, 5) is 25.1. The zero-order valence-corrected chi connectivity index (χ0v) is 10.8. The van der Waals surface area contributed by atoms with Crippen molar-refractivity contribution in [3.63, 3.8) is 0 Å². The first-order valence-electron chi connectivity index (χ1n) is 6.26. The Morgan fingerprint density at radius 1 is 1.58 bits per heavy atom. The van der Waals surface area contributed by atoms with Crippen molar-refractivity contribution < 1.29 is 29.0 Å². The molecule has 2 rings (SSSR count). The van der Waals surface area contributed by atoms with Crippen molar-refractivity contribution in [2.75, 3.05) is 32.9 Å². The third-order valence-electron chi connectivity index (χ3n) is 3.28. The van der Waals surface area contributed by atoms with E-state index in [9.17, 15) is 14.8 Å². The van der Waals surface area contributed by atoms with Gasteiger partial charge in [0.25, 0.3) is 5.91 Å². The minimum Gasteiger partial charge on any atom is -0.450 e. The van der Waals surface area contributed by atoms with Gasteiger partial charge in [-0.15, -0.1) is 5.48 Å². The van der Waals surface area contributed by atoms with Crippen molar-refractivity contribution >= 4 is 11.9 Å². The molecule has 1 unspecified atom stereocenters. The van der Waals surface area contributed by atoms with Crippen LogP contribution in [0.15, 0.2) is 0 Å². The Morgan fingerprint density at radius 2 is 2.26 bits per heavy atom. The van der Waals surface area contributed by atoms with Gasteiger partial charge in [0.1, 0.15) is 11.7 Å². The van der Waals surface area contributed by atoms with E-state index in [0.29, 0.717) is 6.54 Å². The Labute approximate surface area is 110 Å². The van der Waals surface area contributed by atoms with Crippen molar-refractivity contribution in [1.82, 2.24) is 10.4 Å². The van der Waals surface area contributed by atoms with Crippen molar-refractivity contribution in [2.45, 2.75) is 19.3 Å². The predicted octanol–water partition coefficient (Wildman–Crippen LogP) is -0.287. The highest BCUT2D eigenvalue weighted by molar-refractivity contribution is 5.84. The summed E-state index contributed by atoms with van der Waals surface area (Å²) in [6.07, 6.45) is -0.300. The topological polar surface area (TPSA) is 97.3 Å². The first kappa shape index (κ1) is 14.2. The Bertz CT molecular complexity index is 355. The maximum Gasteiger partial charge on any atom is 0.409 e. The van der Waals surface area contributed by atoms with Gasteiger partial charge in [0.15, 0.2) is 0 Å². The van der Waals surface area contributed by atoms with Crippen LogP contribution in [0.4, 0.5) is 4.79 Å². The number of piperidine rings is 1. The molecule has 19 heavy (non-hydrogen) atoms. The molecule has 2 saturated heterocycles. The Balaban J connectivity index is 2.10. The molecular formula is C11H18N2O6. The summed E-state index contributed by atoms with van der Waals surface area (Å²) in [5.41, 5.74) is 1.92. The SMILES string of the molecule is CCOC(=O)N1CCC(=O)C(C2(NO)OCCO2)C1. The molecule has 0 saturated carbocycles. The molecule has 1 atom stereocenters. The first-order chi connectivity index (χ1) is 9.13. The highest BCUT2D eigenvalue weighted by Crippen LogP contribution is 2.30. The van der Waals surface area contributed by atoms with Gasteiger partial charge in [-0.2, -0.15) is 0 Å². The maximum absolute atomic E-state index is 12.0. The molecule has 8 nitrogen and oxygen atoms in total. The number of nitrogens with zero attached hydrogens (tertiary/aromatic N) is 1. The number of carbonyl (C=O) groups is 2. The van der Waals surface area contributed by atoms with Crippen LogP contribution in [0, 0.1) is 5.92 Å². The van der Waals surface area contributed by atoms with Gasteiger partial charge in [-0.25, -0.2) is 4.79 Å². The van der Waals surface area contributed by atoms with E-state index in [2.05, 4.69) is 0 Å². The van der Waals surface area contributed by atoms with Crippen LogP contribution in [0.3, 0.4) is 0 Å². The van der Waals surface area contributed by atoms with E-state index in [1.807, 2.05) is 5.48 Å². The van der Waals surface area contributed by atoms with Crippen molar-refractivity contribution in [2.24, 2.45) is 5.92 Å². The van der Waals surface area contributed by atoms with Crippen LogP contribution >= 0.6 is 0 Å². The molecule has 2 aliphatic rings. The number of ketones is 1. The minimum absolute atomic E-state index is 0.0885. The molecule has 2 heterocycles. The van der Waals surface area contributed by atoms with E-state index in [1.54, 1.807) is 6.92 Å². The smallest absolute Gasteiger partial charge is 0.409 e. The molecule has 0 aliphatic carbocycles. The molecule has 2 aliphatic heterocycles. The van der Waals surface area contributed by atoms with Gasteiger partial charge in [0.2, 0.25) is 0 Å². The van der Waals surface area contributed by atoms with Crippen LogP contribution in [0.1, 0.15) is 13.3 Å². The Morgan fingerprint density at radius 3 is 2.84 bits per heavy atom. The third-order valence-corrected chi connectivity index (χ3v) is 3.28. The molecular weight excluding hydrogens is 256 g/mol. The van der Waals surface area contributed by atoms with E-state index >= 15 is 0 Å². The summed E-state index contributed by atoms with van der Waals surface area (Å²) >= 11 is 0. The summed E-state index contributed by atoms with van der Waals surface area (Å²) in [6, 6.07) is 0. The van der Waals surface area contributed by atoms with E-state index in [1.165, 1.54) is 4.90 Å². The van der Waals surface area contributed by atoms with Gasteiger partial charge >= 0.3 is 6.09 Å².